The first-order valence-electron chi connectivity index (χ1n) is 9.73. The summed E-state index contributed by atoms with van der Waals surface area (Å²) in [7, 11) is 4.70. The van der Waals surface area contributed by atoms with Crippen LogP contribution >= 0.6 is 0 Å². The number of amides is 3. The number of ether oxygens (including phenoxy) is 1. The lowest BCUT2D eigenvalue weighted by Crippen LogP contribution is -2.63. The molecular weight excluding hydrogens is 401 g/mol. The highest BCUT2D eigenvalue weighted by atomic mass is 19.1. The Balaban J connectivity index is 1.63. The van der Waals surface area contributed by atoms with Gasteiger partial charge < -0.3 is 9.64 Å². The number of fused-ring (bicyclic) bond motifs is 3. The number of rotatable bonds is 3. The van der Waals surface area contributed by atoms with Crippen molar-refractivity contribution in [2.24, 2.45) is 4.99 Å². The summed E-state index contributed by atoms with van der Waals surface area (Å²) in [6.07, 6.45) is 1.20. The molecule has 0 aliphatic carbocycles. The molecule has 31 heavy (non-hydrogen) atoms. The van der Waals surface area contributed by atoms with Crippen molar-refractivity contribution in [1.29, 1.82) is 0 Å². The second-order valence-electron chi connectivity index (χ2n) is 7.54. The second kappa shape index (κ2) is 6.83. The van der Waals surface area contributed by atoms with Gasteiger partial charge in [-0.2, -0.15) is 0 Å². The Morgan fingerprint density at radius 3 is 2.32 bits per heavy atom. The number of halogens is 1. The monoisotopic (exact) mass is 421 g/mol. The number of carbonyl (C=O) groups excluding carboxylic acids is 2. The lowest BCUT2D eigenvalue weighted by Gasteiger charge is -2.38. The van der Waals surface area contributed by atoms with E-state index in [0.29, 0.717) is 11.7 Å². The van der Waals surface area contributed by atoms with Crippen LogP contribution in [0.15, 0.2) is 59.7 Å². The maximum atomic E-state index is 13.5. The quantitative estimate of drug-likeness (QED) is 0.762. The van der Waals surface area contributed by atoms with Gasteiger partial charge in [-0.1, -0.05) is 0 Å². The number of urea groups is 1. The number of anilines is 1. The van der Waals surface area contributed by atoms with E-state index in [9.17, 15) is 14.0 Å². The number of methoxy groups -OCH3 is 1. The van der Waals surface area contributed by atoms with Crippen LogP contribution in [-0.2, 0) is 4.79 Å². The molecule has 3 amide bonds. The molecule has 158 valence electrons. The Labute approximate surface area is 178 Å². The zero-order valence-corrected chi connectivity index (χ0v) is 17.2. The van der Waals surface area contributed by atoms with Gasteiger partial charge in [-0.25, -0.2) is 14.2 Å². The van der Waals surface area contributed by atoms with Crippen molar-refractivity contribution in [2.75, 3.05) is 26.1 Å². The van der Waals surface area contributed by atoms with E-state index in [2.05, 4.69) is 0 Å². The third-order valence-electron chi connectivity index (χ3n) is 5.80. The summed E-state index contributed by atoms with van der Waals surface area (Å²) in [5.74, 6) is 0.581. The molecule has 2 unspecified atom stereocenters. The average molecular weight is 421 g/mol. The normalized spacial score (nSPS) is 22.5. The van der Waals surface area contributed by atoms with Gasteiger partial charge >= 0.3 is 6.03 Å². The van der Waals surface area contributed by atoms with Gasteiger partial charge in [0, 0.05) is 31.5 Å². The van der Waals surface area contributed by atoms with Gasteiger partial charge in [0.2, 0.25) is 5.96 Å². The number of aliphatic imine (C=N–C) groups is 1. The molecule has 2 aromatic carbocycles. The Kier molecular flexibility index (Phi) is 4.21. The first-order valence-corrected chi connectivity index (χ1v) is 9.73. The lowest BCUT2D eigenvalue weighted by molar-refractivity contribution is -0.135. The van der Waals surface area contributed by atoms with Crippen LogP contribution in [0.2, 0.25) is 0 Å². The molecule has 3 aliphatic rings. The van der Waals surface area contributed by atoms with Crippen LogP contribution in [0.25, 0.3) is 5.70 Å². The number of likely N-dealkylation sites (N-methyl/N-ethyl adjacent to an activating group) is 2. The summed E-state index contributed by atoms with van der Waals surface area (Å²) < 4.78 is 18.8. The third-order valence-corrected chi connectivity index (χ3v) is 5.80. The van der Waals surface area contributed by atoms with Gasteiger partial charge in [0.05, 0.1) is 12.8 Å². The Morgan fingerprint density at radius 2 is 1.68 bits per heavy atom. The van der Waals surface area contributed by atoms with Crippen molar-refractivity contribution in [3.8, 4) is 5.75 Å². The molecule has 0 bridgehead atoms. The molecule has 8 nitrogen and oxygen atoms in total. The van der Waals surface area contributed by atoms with Crippen LogP contribution in [0, 0.1) is 5.82 Å². The van der Waals surface area contributed by atoms with Crippen molar-refractivity contribution < 1.29 is 18.7 Å². The van der Waals surface area contributed by atoms with Crippen LogP contribution in [0.3, 0.4) is 0 Å². The van der Waals surface area contributed by atoms with Crippen LogP contribution in [-0.4, -0.2) is 66.0 Å². The Morgan fingerprint density at radius 1 is 1.00 bits per heavy atom. The van der Waals surface area contributed by atoms with E-state index in [1.807, 2.05) is 35.4 Å². The molecule has 2 aromatic rings. The van der Waals surface area contributed by atoms with E-state index in [0.717, 1.165) is 21.8 Å². The van der Waals surface area contributed by atoms with Crippen molar-refractivity contribution in [3.63, 3.8) is 0 Å². The minimum atomic E-state index is -0.665. The smallest absolute Gasteiger partial charge is 0.328 e. The number of imide groups is 1. The zero-order valence-electron chi connectivity index (χ0n) is 17.2. The van der Waals surface area contributed by atoms with Crippen molar-refractivity contribution in [3.05, 3.63) is 66.1 Å². The predicted octanol–water partition coefficient (Wildman–Crippen LogP) is 2.54. The fraction of sp³-hybridized carbons (Fsp3) is 0.227. The molecule has 3 heterocycles. The molecular formula is C22H20FN5O3. The molecule has 3 aliphatic heterocycles. The number of hydrogen-bond donors (Lipinski definition) is 0. The van der Waals surface area contributed by atoms with Gasteiger partial charge in [-0.05, 0) is 48.5 Å². The average Bonchev–Trinajstić information content (AvgIpc) is 3.33. The summed E-state index contributed by atoms with van der Waals surface area (Å²) in [4.78, 5) is 36.4. The molecule has 0 saturated carbocycles. The van der Waals surface area contributed by atoms with Crippen LogP contribution in [0.4, 0.5) is 14.9 Å². The number of benzene rings is 2. The molecule has 5 rings (SSSR count). The maximum absolute atomic E-state index is 13.5. The first-order chi connectivity index (χ1) is 14.9. The van der Waals surface area contributed by atoms with Gasteiger partial charge in [-0.15, -0.1) is 0 Å². The number of nitrogens with zero attached hydrogens (tertiary/aromatic N) is 5. The van der Waals surface area contributed by atoms with E-state index in [4.69, 9.17) is 9.73 Å². The summed E-state index contributed by atoms with van der Waals surface area (Å²) in [5, 5.41) is 0. The highest BCUT2D eigenvalue weighted by molar-refractivity contribution is 6.16. The number of guanidine groups is 1. The summed E-state index contributed by atoms with van der Waals surface area (Å²) in [6, 6.07) is 12.5. The fourth-order valence-corrected chi connectivity index (χ4v) is 4.13. The highest BCUT2D eigenvalue weighted by Crippen LogP contribution is 2.40. The van der Waals surface area contributed by atoms with Crippen LogP contribution < -0.4 is 9.64 Å². The van der Waals surface area contributed by atoms with E-state index in [1.165, 1.54) is 24.1 Å². The SMILES string of the molecule is COc1ccc(N2C(c3ccc(F)cc3)=CN3C2=NC2C3C(=O)N(C)C(=O)N2C)cc1. The van der Waals surface area contributed by atoms with Crippen LogP contribution in [0.5, 0.6) is 5.75 Å². The van der Waals surface area contributed by atoms with E-state index in [1.54, 1.807) is 31.2 Å². The summed E-state index contributed by atoms with van der Waals surface area (Å²) >= 11 is 0. The summed E-state index contributed by atoms with van der Waals surface area (Å²) in [6.45, 7) is 0. The first kappa shape index (κ1) is 19.1. The van der Waals surface area contributed by atoms with E-state index < -0.39 is 18.2 Å². The van der Waals surface area contributed by atoms with Gasteiger partial charge in [-0.3, -0.25) is 19.5 Å². The van der Waals surface area contributed by atoms with E-state index >= 15 is 0 Å². The highest BCUT2D eigenvalue weighted by Gasteiger charge is 2.54. The Hall–Kier alpha value is -3.88. The van der Waals surface area contributed by atoms with Gasteiger partial charge in [0.15, 0.2) is 12.2 Å². The molecule has 0 aromatic heterocycles. The predicted molar refractivity (Wildman–Crippen MR) is 113 cm³/mol. The lowest BCUT2D eigenvalue weighted by atomic mass is 10.1. The molecule has 0 radical (unpaired) electrons. The number of carbonyl (C=O) groups is 2. The molecule has 0 N–H and O–H groups in total. The fourth-order valence-electron chi connectivity index (χ4n) is 4.13. The molecule has 1 saturated heterocycles. The van der Waals surface area contributed by atoms with Gasteiger partial charge in [0.25, 0.3) is 5.91 Å². The molecule has 0 spiro atoms. The minimum absolute atomic E-state index is 0.321. The van der Waals surface area contributed by atoms with Crippen LogP contribution in [0.1, 0.15) is 5.56 Å². The van der Waals surface area contributed by atoms with E-state index in [-0.39, 0.29) is 11.7 Å². The van der Waals surface area contributed by atoms with Crippen molar-refractivity contribution in [1.82, 2.24) is 14.7 Å². The summed E-state index contributed by atoms with van der Waals surface area (Å²) in [5.41, 5.74) is 2.32. The third kappa shape index (κ3) is 2.77. The molecule has 2 atom stereocenters. The topological polar surface area (TPSA) is 68.7 Å². The minimum Gasteiger partial charge on any atom is -0.497 e. The molecule has 9 heteroatoms. The zero-order chi connectivity index (χ0) is 21.9. The maximum Gasteiger partial charge on any atom is 0.328 e. The van der Waals surface area contributed by atoms with Crippen molar-refractivity contribution >= 4 is 29.3 Å². The standard InChI is InChI=1S/C22H20FN5O3/c1-25-19-18(20(29)26(2)22(25)30)27-12-17(13-4-6-14(23)7-5-13)28(21(27)24-19)15-8-10-16(31-3)11-9-15/h4-12,18-19H,1-3H3. The number of hydrogen-bond acceptors (Lipinski definition) is 6. The second-order valence-corrected chi connectivity index (χ2v) is 7.54. The Bertz CT molecular complexity index is 1130. The molecule has 1 fully saturated rings. The van der Waals surface area contributed by atoms with Crippen molar-refractivity contribution in [2.45, 2.75) is 12.2 Å². The van der Waals surface area contributed by atoms with Gasteiger partial charge in [0.1, 0.15) is 11.6 Å². The largest absolute Gasteiger partial charge is 0.497 e.